The fraction of sp³-hybridized carbons (Fsp3) is 0.286. The van der Waals surface area contributed by atoms with Crippen molar-refractivity contribution in [3.8, 4) is 16.9 Å². The van der Waals surface area contributed by atoms with E-state index >= 15 is 0 Å². The Bertz CT molecular complexity index is 677. The second kappa shape index (κ2) is 9.85. The predicted octanol–water partition coefficient (Wildman–Crippen LogP) is 3.27. The minimum atomic E-state index is 0. The molecule has 6 nitrogen and oxygen atoms in total. The summed E-state index contributed by atoms with van der Waals surface area (Å²) in [6, 6.07) is 3.45. The van der Waals surface area contributed by atoms with Gasteiger partial charge in [0.1, 0.15) is 5.75 Å². The van der Waals surface area contributed by atoms with Crippen molar-refractivity contribution in [3.05, 3.63) is 27.9 Å². The van der Waals surface area contributed by atoms with E-state index in [1.54, 1.807) is 19.1 Å². The van der Waals surface area contributed by atoms with E-state index < -0.39 is 0 Å². The molecule has 1 aromatic carbocycles. The molecule has 0 amide bonds. The van der Waals surface area contributed by atoms with Crippen LogP contribution in [-0.4, -0.2) is 28.1 Å². The summed E-state index contributed by atoms with van der Waals surface area (Å²) in [6.07, 6.45) is 0. The number of aromatic amines is 1. The Morgan fingerprint density at radius 1 is 1.30 bits per heavy atom. The second-order valence-corrected chi connectivity index (χ2v) is 5.31. The van der Waals surface area contributed by atoms with Gasteiger partial charge in [-0.15, -0.1) is 0 Å². The van der Waals surface area contributed by atoms with Crippen LogP contribution in [0.5, 0.6) is 5.75 Å². The van der Waals surface area contributed by atoms with Crippen LogP contribution in [-0.2, 0) is 0 Å². The van der Waals surface area contributed by atoms with Crippen LogP contribution < -0.4 is 10.5 Å². The summed E-state index contributed by atoms with van der Waals surface area (Å²) in [6.45, 7) is 6.00. The summed E-state index contributed by atoms with van der Waals surface area (Å²) in [5.41, 5.74) is 7.83. The molecule has 1 radical (unpaired) electrons. The Balaban J connectivity index is 0.00000242. The first-order valence-corrected chi connectivity index (χ1v) is 7.17. The number of rotatable bonds is 4. The molecule has 2 rings (SSSR count). The van der Waals surface area contributed by atoms with Gasteiger partial charge in [-0.1, -0.05) is 23.2 Å². The SMILES string of the molecule is CCOc1cc(Cl)c(-c2c(N=C(C)N)n[nH]c2C)c(Cl)c1.O.[Ac]. The van der Waals surface area contributed by atoms with Gasteiger partial charge in [0.05, 0.1) is 28.1 Å². The molecule has 0 fully saturated rings. The molecule has 0 aliphatic heterocycles. The van der Waals surface area contributed by atoms with Crippen LogP contribution in [0.2, 0.25) is 10.0 Å². The number of hydrogen-bond donors (Lipinski definition) is 2. The van der Waals surface area contributed by atoms with Gasteiger partial charge < -0.3 is 15.9 Å². The fourth-order valence-corrected chi connectivity index (χ4v) is 2.66. The zero-order valence-electron chi connectivity index (χ0n) is 13.1. The van der Waals surface area contributed by atoms with Crippen molar-refractivity contribution < 1.29 is 54.3 Å². The molecule has 0 aliphatic carbocycles. The van der Waals surface area contributed by atoms with Crippen LogP contribution in [0, 0.1) is 51.0 Å². The van der Waals surface area contributed by atoms with E-state index in [9.17, 15) is 0 Å². The molecule has 9 heteroatoms. The van der Waals surface area contributed by atoms with E-state index in [0.29, 0.717) is 39.6 Å². The van der Waals surface area contributed by atoms with Crippen LogP contribution >= 0.6 is 23.2 Å². The minimum absolute atomic E-state index is 0. The summed E-state index contributed by atoms with van der Waals surface area (Å²) in [4.78, 5) is 4.20. The number of benzene rings is 1. The fourth-order valence-electron chi connectivity index (χ4n) is 2.00. The summed E-state index contributed by atoms with van der Waals surface area (Å²) < 4.78 is 5.43. The predicted molar refractivity (Wildman–Crippen MR) is 90.5 cm³/mol. The molecule has 0 aliphatic rings. The van der Waals surface area contributed by atoms with Gasteiger partial charge in [-0.05, 0) is 32.9 Å². The van der Waals surface area contributed by atoms with E-state index in [-0.39, 0.29) is 49.5 Å². The molecule has 23 heavy (non-hydrogen) atoms. The molecule has 0 saturated heterocycles. The number of aromatic nitrogens is 2. The Morgan fingerprint density at radius 2 is 1.87 bits per heavy atom. The van der Waals surface area contributed by atoms with Crippen LogP contribution in [0.15, 0.2) is 17.1 Å². The number of nitrogens with one attached hydrogen (secondary N) is 1. The van der Waals surface area contributed by atoms with Crippen molar-refractivity contribution in [3.63, 3.8) is 0 Å². The molecule has 1 heterocycles. The standard InChI is InChI=1S/C14H16Cl2N4O.Ac.H2O/c1-4-21-9-5-10(15)13(11(16)6-9)12-7(2)19-20-14(12)18-8(3)17;;/h5-6H,4H2,1-3H3,(H3,17,18,19,20);;1H2. The Hall–Kier alpha value is -0.318. The second-order valence-electron chi connectivity index (χ2n) is 4.50. The molecule has 0 saturated carbocycles. The molecule has 0 atom stereocenters. The van der Waals surface area contributed by atoms with Gasteiger partial charge in [0.25, 0.3) is 0 Å². The third-order valence-corrected chi connectivity index (χ3v) is 3.38. The van der Waals surface area contributed by atoms with Crippen molar-refractivity contribution in [2.24, 2.45) is 10.7 Å². The van der Waals surface area contributed by atoms with E-state index in [1.807, 2.05) is 13.8 Å². The topological polar surface area (TPSA) is 108 Å². The van der Waals surface area contributed by atoms with E-state index in [4.69, 9.17) is 33.7 Å². The average molecular weight is 572 g/mol. The van der Waals surface area contributed by atoms with E-state index in [2.05, 4.69) is 15.2 Å². The van der Waals surface area contributed by atoms with Crippen LogP contribution in [0.4, 0.5) is 5.82 Å². The zero-order chi connectivity index (χ0) is 15.6. The normalized spacial score (nSPS) is 10.7. The summed E-state index contributed by atoms with van der Waals surface area (Å²) in [7, 11) is 0. The number of amidine groups is 1. The van der Waals surface area contributed by atoms with Crippen LogP contribution in [0.3, 0.4) is 0 Å². The average Bonchev–Trinajstić information content (AvgIpc) is 2.70. The molecule has 0 spiro atoms. The van der Waals surface area contributed by atoms with Gasteiger partial charge in [-0.3, -0.25) is 5.10 Å². The smallest absolute Gasteiger partial charge is 0.183 e. The maximum Gasteiger partial charge on any atom is 0.183 e. The summed E-state index contributed by atoms with van der Waals surface area (Å²) >= 11 is 12.7. The Kier molecular flexibility index (Phi) is 9.72. The number of aliphatic imine (C=N–C) groups is 1. The van der Waals surface area contributed by atoms with Crippen LogP contribution in [0.25, 0.3) is 11.1 Å². The molecule has 123 valence electrons. The van der Waals surface area contributed by atoms with Gasteiger partial charge in [-0.2, -0.15) is 5.10 Å². The third kappa shape index (κ3) is 5.33. The largest absolute Gasteiger partial charge is 0.494 e. The maximum absolute atomic E-state index is 6.36. The first-order chi connectivity index (χ1) is 9.93. The monoisotopic (exact) mass is 571 g/mol. The molecular formula is C14H18AcCl2N4O2. The zero-order valence-corrected chi connectivity index (χ0v) is 19.3. The van der Waals surface area contributed by atoms with E-state index in [1.165, 1.54) is 0 Å². The maximum atomic E-state index is 6.36. The molecule has 1 aromatic heterocycles. The third-order valence-electron chi connectivity index (χ3n) is 2.79. The first-order valence-electron chi connectivity index (χ1n) is 6.42. The van der Waals surface area contributed by atoms with Crippen LogP contribution in [0.1, 0.15) is 19.5 Å². The summed E-state index contributed by atoms with van der Waals surface area (Å²) in [5, 5.41) is 7.95. The molecular weight excluding hydrogens is 554 g/mol. The molecule has 0 bridgehead atoms. The minimum Gasteiger partial charge on any atom is -0.494 e. The number of H-pyrrole nitrogens is 1. The Morgan fingerprint density at radius 3 is 2.35 bits per heavy atom. The van der Waals surface area contributed by atoms with Gasteiger partial charge in [0, 0.05) is 55.3 Å². The van der Waals surface area contributed by atoms with Crippen molar-refractivity contribution in [1.29, 1.82) is 0 Å². The quantitative estimate of drug-likeness (QED) is 0.434. The number of nitrogens with zero attached hydrogens (tertiary/aromatic N) is 2. The van der Waals surface area contributed by atoms with Gasteiger partial charge >= 0.3 is 0 Å². The molecule has 2 aromatic rings. The Labute approximate surface area is 180 Å². The van der Waals surface area contributed by atoms with Gasteiger partial charge in [-0.25, -0.2) is 4.99 Å². The summed E-state index contributed by atoms with van der Waals surface area (Å²) in [5.74, 6) is 1.49. The number of ether oxygens (including phenoxy) is 1. The number of hydrogen-bond acceptors (Lipinski definition) is 3. The molecule has 0 unspecified atom stereocenters. The van der Waals surface area contributed by atoms with Crippen molar-refractivity contribution in [1.82, 2.24) is 10.2 Å². The number of halogens is 2. The van der Waals surface area contributed by atoms with Crippen molar-refractivity contribution in [2.45, 2.75) is 20.8 Å². The number of aryl methyl sites for hydroxylation is 1. The number of nitrogens with two attached hydrogens (primary N) is 1. The van der Waals surface area contributed by atoms with E-state index in [0.717, 1.165) is 11.3 Å². The first kappa shape index (κ1) is 22.7. The van der Waals surface area contributed by atoms with Gasteiger partial charge in [0.15, 0.2) is 5.82 Å². The van der Waals surface area contributed by atoms with Crippen molar-refractivity contribution in [2.75, 3.05) is 6.61 Å². The van der Waals surface area contributed by atoms with Gasteiger partial charge in [0.2, 0.25) is 0 Å². The molecule has 5 N–H and O–H groups in total. The van der Waals surface area contributed by atoms with Crippen molar-refractivity contribution >= 4 is 34.9 Å².